The first-order chi connectivity index (χ1) is 21.5. The summed E-state index contributed by atoms with van der Waals surface area (Å²) in [6.07, 6.45) is 18.1. The number of hydrogen-bond donors (Lipinski definition) is 2. The summed E-state index contributed by atoms with van der Waals surface area (Å²) in [7, 11) is 0. The van der Waals surface area contributed by atoms with Crippen LogP contribution in [0.15, 0.2) is 58.1 Å². The average molecular weight is 798 g/mol. The monoisotopic (exact) mass is 797 g/mol. The van der Waals surface area contributed by atoms with Gasteiger partial charge in [-0.2, -0.15) is 11.8 Å². The molecule has 2 atom stereocenters. The Balaban J connectivity index is 0.000000363. The molecule has 5 heteroatoms. The molecule has 1 heterocycles. The fraction of sp³-hybridized carbons (Fsp3) is 0.561. The van der Waals surface area contributed by atoms with Gasteiger partial charge in [0.15, 0.2) is 0 Å². The maximum absolute atomic E-state index is 11.3. The number of hydrogen-bond acceptors (Lipinski definition) is 4. The van der Waals surface area contributed by atoms with Gasteiger partial charge >= 0.3 is 61.3 Å². The van der Waals surface area contributed by atoms with Crippen molar-refractivity contribution in [3.63, 3.8) is 0 Å². The molecule has 2 aromatic rings. The normalized spacial score (nSPS) is 20.6. The molecule has 4 nitrogen and oxygen atoms in total. The Morgan fingerprint density at radius 3 is 1.91 bits per heavy atom. The van der Waals surface area contributed by atoms with Crippen LogP contribution in [-0.4, -0.2) is 22.9 Å². The van der Waals surface area contributed by atoms with E-state index in [1.807, 2.05) is 43.0 Å². The molecule has 1 unspecified atom stereocenters. The summed E-state index contributed by atoms with van der Waals surface area (Å²) in [5.41, 5.74) is 4.43. The van der Waals surface area contributed by atoms with Gasteiger partial charge < -0.3 is 21.4 Å². The first kappa shape index (κ1) is 38.4. The van der Waals surface area contributed by atoms with Crippen LogP contribution in [0.5, 0.6) is 11.5 Å². The van der Waals surface area contributed by atoms with E-state index in [-0.39, 0.29) is 28.1 Å². The molecule has 0 bridgehead atoms. The van der Waals surface area contributed by atoms with Gasteiger partial charge in [-0.05, 0) is 33.4 Å². The molecular formula is C41H59NO3W-2. The van der Waals surface area contributed by atoms with Crippen LogP contribution in [0.4, 0.5) is 0 Å². The molecule has 254 valence electrons. The Kier molecular flexibility index (Phi) is 14.1. The average Bonchev–Trinajstić information content (AvgIpc) is 3.57. The number of aromatic hydroxyl groups is 2. The summed E-state index contributed by atoms with van der Waals surface area (Å²) in [6, 6.07) is 12.9. The Bertz CT molecular complexity index is 1320. The molecule has 2 N–H and O–H groups in total. The standard InChI is InChI=1S/C31H41O2.C6H11N.C4H7O.W/c1-29(2,3)19-24-20(22-15-11-17-25(27(22)32)30(4,5)6)13-10-14-21(24)23-16-12-18-26(28(23)33)31(7,8)9;7-6-4-2-1-3-5-6;1-2-4-5-3-1;/h10-20,24,32-33H,1-9H3;6H,1-5H2;3H,1-2,4H2;/q-1;;-1;/t20?,24-;;;/m0.../s1. The van der Waals surface area contributed by atoms with Gasteiger partial charge in [-0.3, -0.25) is 0 Å². The van der Waals surface area contributed by atoms with Crippen LogP contribution in [0.3, 0.4) is 0 Å². The van der Waals surface area contributed by atoms with E-state index in [1.54, 1.807) is 0 Å². The predicted octanol–water partition coefficient (Wildman–Crippen LogP) is 11.3. The van der Waals surface area contributed by atoms with Crippen LogP contribution in [-0.2, 0) is 35.2 Å². The zero-order chi connectivity index (χ0) is 34.1. The SMILES string of the molecule is CC(C)(C)[CH-][C@@H]1C(c2cccc(C(C)(C)C)c2O)=CC=CC1c1cccc(C(C)(C)C)c1O.[CH-]1CCCO1.[W]=[N]C1CCCCC1. The zero-order valence-electron chi connectivity index (χ0n) is 29.9. The predicted molar refractivity (Wildman–Crippen MR) is 190 cm³/mol. The van der Waals surface area contributed by atoms with Crippen LogP contribution in [0.1, 0.15) is 135 Å². The van der Waals surface area contributed by atoms with Crippen LogP contribution in [0.25, 0.3) is 5.57 Å². The quantitative estimate of drug-likeness (QED) is 0.303. The molecule has 0 spiro atoms. The van der Waals surface area contributed by atoms with E-state index in [1.165, 1.54) is 58.2 Å². The van der Waals surface area contributed by atoms with Crippen molar-refractivity contribution in [1.29, 1.82) is 0 Å². The van der Waals surface area contributed by atoms with Gasteiger partial charge in [0.2, 0.25) is 0 Å². The van der Waals surface area contributed by atoms with E-state index in [9.17, 15) is 10.2 Å². The van der Waals surface area contributed by atoms with Crippen LogP contribution < -0.4 is 0 Å². The number of phenols is 2. The fourth-order valence-corrected chi connectivity index (χ4v) is 7.18. The second kappa shape index (κ2) is 16.9. The van der Waals surface area contributed by atoms with Crippen LogP contribution in [0, 0.1) is 24.4 Å². The molecule has 5 rings (SSSR count). The summed E-state index contributed by atoms with van der Waals surface area (Å²) < 4.78 is 9.15. The molecule has 46 heavy (non-hydrogen) atoms. The van der Waals surface area contributed by atoms with Crippen LogP contribution in [0.2, 0.25) is 0 Å². The minimum absolute atomic E-state index is 0.0113. The Hall–Kier alpha value is -2.03. The molecule has 2 aliphatic carbocycles. The van der Waals surface area contributed by atoms with Gasteiger partial charge in [0.1, 0.15) is 11.5 Å². The van der Waals surface area contributed by atoms with Crippen molar-refractivity contribution in [3.8, 4) is 11.5 Å². The molecule has 2 fully saturated rings. The number of benzene rings is 2. The summed E-state index contributed by atoms with van der Waals surface area (Å²) in [5.74, 6) is 0.715. The number of phenolic OH excluding ortho intramolecular Hbond substituents is 2. The van der Waals surface area contributed by atoms with Crippen molar-refractivity contribution in [2.75, 3.05) is 6.61 Å². The van der Waals surface area contributed by atoms with Crippen molar-refractivity contribution in [1.82, 2.24) is 0 Å². The van der Waals surface area contributed by atoms with Gasteiger partial charge in [-0.25, -0.2) is 6.61 Å². The first-order valence-corrected chi connectivity index (χ1v) is 18.5. The van der Waals surface area contributed by atoms with Gasteiger partial charge in [0.25, 0.3) is 0 Å². The van der Waals surface area contributed by atoms with Crippen molar-refractivity contribution in [2.45, 2.75) is 130 Å². The summed E-state index contributed by atoms with van der Waals surface area (Å²) >= 11 is 1.41. The fourth-order valence-electron chi connectivity index (χ4n) is 6.42. The molecule has 1 aliphatic heterocycles. The van der Waals surface area contributed by atoms with E-state index in [4.69, 9.17) is 4.74 Å². The second-order valence-corrected chi connectivity index (χ2v) is 16.9. The molecule has 1 saturated heterocycles. The molecule has 2 aromatic carbocycles. The van der Waals surface area contributed by atoms with E-state index < -0.39 is 0 Å². The third-order valence-corrected chi connectivity index (χ3v) is 9.91. The second-order valence-electron chi connectivity index (χ2n) is 16.1. The van der Waals surface area contributed by atoms with Crippen LogP contribution >= 0.6 is 0 Å². The maximum atomic E-state index is 11.3. The number of nitrogens with zero attached hydrogens (tertiary/aromatic N) is 1. The summed E-state index contributed by atoms with van der Waals surface area (Å²) in [5, 5.41) is 22.7. The summed E-state index contributed by atoms with van der Waals surface area (Å²) in [6.45, 7) is 22.2. The van der Waals surface area contributed by atoms with E-state index in [0.29, 0.717) is 11.5 Å². The third kappa shape index (κ3) is 11.0. The van der Waals surface area contributed by atoms with Crippen molar-refractivity contribution >= 4 is 5.57 Å². The molecule has 0 amide bonds. The number of para-hydroxylation sites is 2. The van der Waals surface area contributed by atoms with Gasteiger partial charge in [-0.1, -0.05) is 129 Å². The van der Waals surface area contributed by atoms with E-state index >= 15 is 0 Å². The van der Waals surface area contributed by atoms with E-state index in [2.05, 4.69) is 90.5 Å². The summed E-state index contributed by atoms with van der Waals surface area (Å²) in [4.78, 5) is 0. The Morgan fingerprint density at radius 1 is 0.826 bits per heavy atom. The molecule has 0 radical (unpaired) electrons. The van der Waals surface area contributed by atoms with Crippen molar-refractivity contribution < 1.29 is 34.6 Å². The molecule has 3 aliphatic rings. The number of rotatable bonds is 4. The Labute approximate surface area is 291 Å². The zero-order valence-corrected chi connectivity index (χ0v) is 32.8. The van der Waals surface area contributed by atoms with Gasteiger partial charge in [0, 0.05) is 12.2 Å². The number of allylic oxidation sites excluding steroid dienone is 4. The van der Waals surface area contributed by atoms with Gasteiger partial charge in [-0.15, -0.1) is 5.92 Å². The van der Waals surface area contributed by atoms with Crippen molar-refractivity contribution in [3.05, 3.63) is 89.9 Å². The minimum atomic E-state index is -0.160. The van der Waals surface area contributed by atoms with Crippen molar-refractivity contribution in [2.24, 2.45) is 14.8 Å². The molecular weight excluding hydrogens is 738 g/mol. The Morgan fingerprint density at radius 2 is 1.43 bits per heavy atom. The third-order valence-electron chi connectivity index (χ3n) is 8.83. The molecule has 0 aromatic heterocycles. The topological polar surface area (TPSA) is 62.0 Å². The first-order valence-electron chi connectivity index (χ1n) is 17.2. The van der Waals surface area contributed by atoms with Gasteiger partial charge in [0.05, 0.1) is 0 Å². The van der Waals surface area contributed by atoms with E-state index in [0.717, 1.165) is 46.9 Å². The molecule has 1 saturated carbocycles. The number of ether oxygens (including phenoxy) is 1.